The van der Waals surface area contributed by atoms with Crippen LogP contribution in [0.5, 0.6) is 0 Å². The Balaban J connectivity index is 1.80. The number of fused-ring (bicyclic) bond motifs is 1. The first-order chi connectivity index (χ1) is 13.8. The molecule has 0 aliphatic rings. The van der Waals surface area contributed by atoms with Gasteiger partial charge in [0.1, 0.15) is 5.65 Å². The van der Waals surface area contributed by atoms with Gasteiger partial charge in [-0.25, -0.2) is 9.97 Å². The monoisotopic (exact) mass is 361 g/mol. The van der Waals surface area contributed by atoms with Crippen molar-refractivity contribution in [3.8, 4) is 28.3 Å². The zero-order chi connectivity index (χ0) is 18.9. The Morgan fingerprint density at radius 3 is 2.04 bits per heavy atom. The van der Waals surface area contributed by atoms with Crippen LogP contribution in [0.3, 0.4) is 0 Å². The Hall–Kier alpha value is -3.72. The highest BCUT2D eigenvalue weighted by Gasteiger charge is 2.15. The van der Waals surface area contributed by atoms with Crippen molar-refractivity contribution in [2.45, 2.75) is 6.92 Å². The molecule has 0 spiro atoms. The molecule has 3 nitrogen and oxygen atoms in total. The summed E-state index contributed by atoms with van der Waals surface area (Å²) in [5, 5.41) is 1.05. The summed E-state index contributed by atoms with van der Waals surface area (Å²) in [7, 11) is 0. The van der Waals surface area contributed by atoms with Gasteiger partial charge in [-0.2, -0.15) is 0 Å². The second-order valence-corrected chi connectivity index (χ2v) is 6.89. The Bertz CT molecular complexity index is 1240. The van der Waals surface area contributed by atoms with Crippen molar-refractivity contribution in [2.24, 2.45) is 0 Å². The average Bonchev–Trinajstić information content (AvgIpc) is 3.19. The van der Waals surface area contributed by atoms with Crippen LogP contribution in [0.1, 0.15) is 5.56 Å². The van der Waals surface area contributed by atoms with E-state index in [1.165, 1.54) is 5.56 Å². The highest BCUT2D eigenvalue weighted by molar-refractivity contribution is 5.93. The molecule has 3 aromatic carbocycles. The number of nitrogens with zero attached hydrogens (tertiary/aromatic N) is 3. The molecular weight excluding hydrogens is 342 g/mol. The molecule has 0 aliphatic heterocycles. The van der Waals surface area contributed by atoms with Gasteiger partial charge in [0.2, 0.25) is 0 Å². The zero-order valence-electron chi connectivity index (χ0n) is 15.6. The number of hydrogen-bond donors (Lipinski definition) is 0. The Labute approximate surface area is 164 Å². The lowest BCUT2D eigenvalue weighted by atomic mass is 10.1. The van der Waals surface area contributed by atoms with E-state index in [1.54, 1.807) is 0 Å². The fraction of sp³-hybridized carbons (Fsp3) is 0.0400. The van der Waals surface area contributed by atoms with E-state index in [2.05, 4.69) is 72.3 Å². The first kappa shape index (κ1) is 16.5. The van der Waals surface area contributed by atoms with Crippen molar-refractivity contribution in [2.75, 3.05) is 0 Å². The predicted octanol–water partition coefficient (Wildman–Crippen LogP) is 6.06. The molecule has 0 aliphatic carbocycles. The van der Waals surface area contributed by atoms with Gasteiger partial charge < -0.3 is 4.57 Å². The molecule has 2 aromatic heterocycles. The zero-order valence-corrected chi connectivity index (χ0v) is 15.6. The maximum absolute atomic E-state index is 4.95. The molecule has 0 unspecified atom stereocenters. The Morgan fingerprint density at radius 2 is 1.32 bits per heavy atom. The lowest BCUT2D eigenvalue weighted by Crippen LogP contribution is -1.98. The van der Waals surface area contributed by atoms with E-state index >= 15 is 0 Å². The molecule has 0 radical (unpaired) electrons. The summed E-state index contributed by atoms with van der Waals surface area (Å²) in [5.74, 6) is 0.738. The van der Waals surface area contributed by atoms with Crippen LogP contribution < -0.4 is 0 Å². The maximum atomic E-state index is 4.95. The summed E-state index contributed by atoms with van der Waals surface area (Å²) in [4.78, 5) is 9.90. The molecular formula is C25H19N3. The van der Waals surface area contributed by atoms with E-state index in [0.717, 1.165) is 39.4 Å². The molecule has 5 rings (SSSR count). The predicted molar refractivity (Wildman–Crippen MR) is 114 cm³/mol. The summed E-state index contributed by atoms with van der Waals surface area (Å²) in [6.45, 7) is 2.09. The number of aryl methyl sites for hydroxylation is 1. The quantitative estimate of drug-likeness (QED) is 0.391. The van der Waals surface area contributed by atoms with Gasteiger partial charge in [0.15, 0.2) is 5.82 Å². The van der Waals surface area contributed by atoms with Crippen molar-refractivity contribution in [1.82, 2.24) is 14.5 Å². The summed E-state index contributed by atoms with van der Waals surface area (Å²) >= 11 is 0. The first-order valence-electron chi connectivity index (χ1n) is 9.36. The molecule has 0 bridgehead atoms. The number of rotatable bonds is 3. The van der Waals surface area contributed by atoms with Gasteiger partial charge in [-0.15, -0.1) is 0 Å². The SMILES string of the molecule is Cc1ccc(-c2nc(-c3ccccc3)c3ccn(-c4ccccc4)c3n2)cc1. The lowest BCUT2D eigenvalue weighted by Gasteiger charge is -2.10. The largest absolute Gasteiger partial charge is 0.301 e. The number of para-hydroxylation sites is 1. The van der Waals surface area contributed by atoms with Crippen LogP contribution in [-0.2, 0) is 0 Å². The molecule has 28 heavy (non-hydrogen) atoms. The van der Waals surface area contributed by atoms with Crippen LogP contribution >= 0.6 is 0 Å². The topological polar surface area (TPSA) is 30.7 Å². The highest BCUT2D eigenvalue weighted by atomic mass is 15.1. The van der Waals surface area contributed by atoms with Crippen molar-refractivity contribution in [3.05, 3.63) is 103 Å². The van der Waals surface area contributed by atoms with Crippen LogP contribution in [0, 0.1) is 6.92 Å². The molecule has 5 aromatic rings. The van der Waals surface area contributed by atoms with Crippen LogP contribution in [0.15, 0.2) is 97.2 Å². The van der Waals surface area contributed by atoms with Gasteiger partial charge in [-0.3, -0.25) is 0 Å². The van der Waals surface area contributed by atoms with E-state index in [1.807, 2.05) is 36.4 Å². The summed E-state index contributed by atoms with van der Waals surface area (Å²) in [6.07, 6.45) is 2.07. The van der Waals surface area contributed by atoms with Crippen molar-refractivity contribution in [1.29, 1.82) is 0 Å². The lowest BCUT2D eigenvalue weighted by molar-refractivity contribution is 1.08. The number of hydrogen-bond acceptors (Lipinski definition) is 2. The minimum Gasteiger partial charge on any atom is -0.301 e. The molecule has 3 heteroatoms. The van der Waals surface area contributed by atoms with Crippen LogP contribution in [-0.4, -0.2) is 14.5 Å². The number of aromatic nitrogens is 3. The summed E-state index contributed by atoms with van der Waals surface area (Å²) < 4.78 is 2.13. The van der Waals surface area contributed by atoms with Crippen molar-refractivity contribution < 1.29 is 0 Å². The molecule has 0 N–H and O–H groups in total. The van der Waals surface area contributed by atoms with Crippen LogP contribution in [0.2, 0.25) is 0 Å². The van der Waals surface area contributed by atoms with E-state index in [4.69, 9.17) is 9.97 Å². The van der Waals surface area contributed by atoms with Crippen LogP contribution in [0.25, 0.3) is 39.4 Å². The highest BCUT2D eigenvalue weighted by Crippen LogP contribution is 2.31. The second-order valence-electron chi connectivity index (χ2n) is 6.89. The third-order valence-corrected chi connectivity index (χ3v) is 4.94. The average molecular weight is 361 g/mol. The van der Waals surface area contributed by atoms with Gasteiger partial charge in [0, 0.05) is 28.4 Å². The minimum atomic E-state index is 0.738. The van der Waals surface area contributed by atoms with E-state index < -0.39 is 0 Å². The van der Waals surface area contributed by atoms with Gasteiger partial charge >= 0.3 is 0 Å². The fourth-order valence-corrected chi connectivity index (χ4v) is 3.46. The number of benzene rings is 3. The van der Waals surface area contributed by atoms with E-state index in [-0.39, 0.29) is 0 Å². The summed E-state index contributed by atoms with van der Waals surface area (Å²) in [5.41, 5.74) is 6.29. The maximum Gasteiger partial charge on any atom is 0.162 e. The van der Waals surface area contributed by atoms with E-state index in [9.17, 15) is 0 Å². The first-order valence-corrected chi connectivity index (χ1v) is 9.36. The van der Waals surface area contributed by atoms with Gasteiger partial charge in [0.25, 0.3) is 0 Å². The molecule has 0 fully saturated rings. The standard InChI is InChI=1S/C25H19N3/c1-18-12-14-20(15-13-18)24-26-23(19-8-4-2-5-9-19)22-16-17-28(25(22)27-24)21-10-6-3-7-11-21/h2-17H,1H3. The van der Waals surface area contributed by atoms with Gasteiger partial charge in [-0.1, -0.05) is 78.4 Å². The van der Waals surface area contributed by atoms with Gasteiger partial charge in [-0.05, 0) is 25.1 Å². The van der Waals surface area contributed by atoms with Crippen LogP contribution in [0.4, 0.5) is 0 Å². The van der Waals surface area contributed by atoms with Crippen molar-refractivity contribution in [3.63, 3.8) is 0 Å². The van der Waals surface area contributed by atoms with Gasteiger partial charge in [0.05, 0.1) is 5.69 Å². The molecule has 0 saturated carbocycles. The third kappa shape index (κ3) is 2.87. The second kappa shape index (κ2) is 6.78. The molecule has 0 amide bonds. The normalized spacial score (nSPS) is 11.0. The third-order valence-electron chi connectivity index (χ3n) is 4.94. The summed E-state index contributed by atoms with van der Waals surface area (Å²) in [6, 6.07) is 31.1. The minimum absolute atomic E-state index is 0.738. The fourth-order valence-electron chi connectivity index (χ4n) is 3.46. The van der Waals surface area contributed by atoms with Crippen molar-refractivity contribution >= 4 is 11.0 Å². The smallest absolute Gasteiger partial charge is 0.162 e. The molecule has 2 heterocycles. The Morgan fingerprint density at radius 1 is 0.643 bits per heavy atom. The molecule has 0 atom stereocenters. The van der Waals surface area contributed by atoms with E-state index in [0.29, 0.717) is 0 Å². The molecule has 0 saturated heterocycles. The molecule has 134 valence electrons. The Kier molecular flexibility index (Phi) is 3.99.